The molecule has 0 atom stereocenters. The molecule has 4 N–H and O–H groups in total. The fraction of sp³-hybridized carbons (Fsp3) is 0.150. The van der Waals surface area contributed by atoms with Crippen molar-refractivity contribution in [1.82, 2.24) is 20.2 Å². The van der Waals surface area contributed by atoms with Gasteiger partial charge in [-0.15, -0.1) is 0 Å². The minimum atomic E-state index is -0.358. The molecule has 2 aromatic heterocycles. The third-order valence-corrected chi connectivity index (χ3v) is 4.63. The molecule has 154 valence electrons. The lowest BCUT2D eigenvalue weighted by Crippen LogP contribution is -2.10. The van der Waals surface area contributed by atoms with Gasteiger partial charge < -0.3 is 15.8 Å². The van der Waals surface area contributed by atoms with Crippen LogP contribution in [0.3, 0.4) is 0 Å². The number of nitrogens with two attached hydrogens (primary N) is 1. The zero-order valence-electron chi connectivity index (χ0n) is 15.6. The number of anilines is 2. The van der Waals surface area contributed by atoms with E-state index in [4.69, 9.17) is 33.7 Å². The molecule has 0 amide bonds. The Bertz CT molecular complexity index is 1180. The molecule has 2 aromatic carbocycles. The van der Waals surface area contributed by atoms with Gasteiger partial charge in [0.1, 0.15) is 29.1 Å². The maximum Gasteiger partial charge on any atom is 0.225 e. The summed E-state index contributed by atoms with van der Waals surface area (Å²) in [6.45, 7) is 0.692. The molecule has 4 rings (SSSR count). The molecule has 0 aliphatic carbocycles. The van der Waals surface area contributed by atoms with Gasteiger partial charge in [-0.25, -0.2) is 14.4 Å². The first-order valence-corrected chi connectivity index (χ1v) is 9.82. The largest absolute Gasteiger partial charge is 0.492 e. The van der Waals surface area contributed by atoms with Crippen LogP contribution in [0.2, 0.25) is 10.4 Å². The number of aromatic nitrogens is 4. The molecule has 0 spiro atoms. The summed E-state index contributed by atoms with van der Waals surface area (Å²) < 4.78 is 19.4. The van der Waals surface area contributed by atoms with Crippen molar-refractivity contribution >= 4 is 45.7 Å². The first-order chi connectivity index (χ1) is 14.5. The monoisotopic (exact) mass is 446 g/mol. The van der Waals surface area contributed by atoms with Crippen molar-refractivity contribution in [3.8, 4) is 5.75 Å². The van der Waals surface area contributed by atoms with E-state index in [-0.39, 0.29) is 16.3 Å². The topological polar surface area (TPSA) is 102 Å². The molecule has 0 unspecified atom stereocenters. The van der Waals surface area contributed by atoms with Crippen LogP contribution in [0, 0.1) is 5.82 Å². The smallest absolute Gasteiger partial charge is 0.225 e. The first-order valence-electron chi connectivity index (χ1n) is 9.06. The van der Waals surface area contributed by atoms with Gasteiger partial charge in [-0.05, 0) is 53.4 Å². The van der Waals surface area contributed by atoms with Crippen molar-refractivity contribution in [1.29, 1.82) is 0 Å². The predicted molar refractivity (Wildman–Crippen MR) is 115 cm³/mol. The van der Waals surface area contributed by atoms with Crippen LogP contribution in [-0.2, 0) is 6.42 Å². The Morgan fingerprint density at radius 3 is 2.73 bits per heavy atom. The van der Waals surface area contributed by atoms with Gasteiger partial charge in [0, 0.05) is 24.1 Å². The second-order valence-corrected chi connectivity index (χ2v) is 7.26. The minimum Gasteiger partial charge on any atom is -0.492 e. The average Bonchev–Trinajstić information content (AvgIpc) is 3.07. The Morgan fingerprint density at radius 1 is 1.07 bits per heavy atom. The highest BCUT2D eigenvalue weighted by Gasteiger charge is 2.10. The normalized spacial score (nSPS) is 11.1. The molecule has 0 saturated heterocycles. The number of nitrogens with zero attached hydrogens (tertiary/aromatic N) is 3. The third kappa shape index (κ3) is 4.79. The number of ether oxygens (including phenoxy) is 1. The molecule has 0 radical (unpaired) electrons. The highest BCUT2D eigenvalue weighted by Crippen LogP contribution is 2.27. The Balaban J connectivity index is 1.60. The summed E-state index contributed by atoms with van der Waals surface area (Å²) in [7, 11) is 0. The Hall–Kier alpha value is -2.94. The Labute approximate surface area is 181 Å². The van der Waals surface area contributed by atoms with Gasteiger partial charge in [0.05, 0.1) is 5.52 Å². The number of rotatable bonds is 7. The van der Waals surface area contributed by atoms with Crippen molar-refractivity contribution in [3.05, 3.63) is 69.8 Å². The molecular formula is C20H17Cl2FN6O. The number of hydrogen-bond acceptors (Lipinski definition) is 6. The summed E-state index contributed by atoms with van der Waals surface area (Å²) in [5.41, 5.74) is 8.04. The lowest BCUT2D eigenvalue weighted by atomic mass is 10.0. The zero-order chi connectivity index (χ0) is 21.1. The molecule has 0 bridgehead atoms. The van der Waals surface area contributed by atoms with Crippen molar-refractivity contribution in [3.63, 3.8) is 0 Å². The summed E-state index contributed by atoms with van der Waals surface area (Å²) in [6, 6.07) is 12.0. The molecule has 2 heterocycles. The third-order valence-electron chi connectivity index (χ3n) is 4.27. The van der Waals surface area contributed by atoms with E-state index in [1.807, 2.05) is 24.3 Å². The molecule has 4 aromatic rings. The van der Waals surface area contributed by atoms with Crippen LogP contribution in [0.4, 0.5) is 16.0 Å². The predicted octanol–water partition coefficient (Wildman–Crippen LogP) is 4.47. The number of halogens is 3. The second-order valence-electron chi connectivity index (χ2n) is 6.53. The van der Waals surface area contributed by atoms with E-state index in [2.05, 4.69) is 25.5 Å². The van der Waals surface area contributed by atoms with E-state index < -0.39 is 0 Å². The highest BCUT2D eigenvalue weighted by atomic mass is 35.5. The van der Waals surface area contributed by atoms with Gasteiger partial charge in [0.2, 0.25) is 5.28 Å². The maximum absolute atomic E-state index is 14.0. The van der Waals surface area contributed by atoms with E-state index in [0.29, 0.717) is 37.0 Å². The molecule has 0 aliphatic heterocycles. The van der Waals surface area contributed by atoms with Gasteiger partial charge in [0.25, 0.3) is 0 Å². The number of benzene rings is 2. The Kier molecular flexibility index (Phi) is 5.98. The van der Waals surface area contributed by atoms with Gasteiger partial charge in [-0.3, -0.25) is 5.10 Å². The zero-order valence-corrected chi connectivity index (χ0v) is 17.1. The van der Waals surface area contributed by atoms with Gasteiger partial charge in [0.15, 0.2) is 5.82 Å². The van der Waals surface area contributed by atoms with Crippen LogP contribution >= 0.6 is 23.2 Å². The fourth-order valence-electron chi connectivity index (χ4n) is 3.06. The number of nitrogens with one attached hydrogen (secondary N) is 2. The van der Waals surface area contributed by atoms with E-state index >= 15 is 0 Å². The van der Waals surface area contributed by atoms with Crippen molar-refractivity contribution < 1.29 is 9.13 Å². The number of hydrogen-bond donors (Lipinski definition) is 3. The van der Waals surface area contributed by atoms with Crippen LogP contribution in [-0.4, -0.2) is 33.3 Å². The SMILES string of the molecule is NCCOc1cc(F)cc(Cc2ccc3[nH]nc(Nc4cc(Cl)nc(Cl)n4)c3c2)c1. The van der Waals surface area contributed by atoms with Gasteiger partial charge >= 0.3 is 0 Å². The average molecular weight is 447 g/mol. The number of aromatic amines is 1. The van der Waals surface area contributed by atoms with Crippen molar-refractivity contribution in [2.45, 2.75) is 6.42 Å². The first kappa shape index (κ1) is 20.3. The summed E-state index contributed by atoms with van der Waals surface area (Å²) >= 11 is 11.8. The molecule has 0 fully saturated rings. The van der Waals surface area contributed by atoms with Crippen LogP contribution in [0.25, 0.3) is 10.9 Å². The van der Waals surface area contributed by atoms with Crippen molar-refractivity contribution in [2.75, 3.05) is 18.5 Å². The summed E-state index contributed by atoms with van der Waals surface area (Å²) in [5, 5.41) is 11.4. The molecule has 30 heavy (non-hydrogen) atoms. The summed E-state index contributed by atoms with van der Waals surface area (Å²) in [6.07, 6.45) is 0.516. The van der Waals surface area contributed by atoms with E-state index in [1.54, 1.807) is 6.07 Å². The Morgan fingerprint density at radius 2 is 1.93 bits per heavy atom. The van der Waals surface area contributed by atoms with E-state index in [0.717, 1.165) is 22.0 Å². The van der Waals surface area contributed by atoms with Gasteiger partial charge in [-0.1, -0.05) is 17.7 Å². The number of H-pyrrole nitrogens is 1. The standard InChI is InChI=1S/C20H17Cl2FN6O/c21-17-10-18(27-20(22)25-17)26-19-15-8-11(1-2-16(15)28-29-19)5-12-6-13(23)9-14(7-12)30-4-3-24/h1-2,6-10H,3-5,24H2,(H2,25,26,27,28,29). The number of fused-ring (bicyclic) bond motifs is 1. The van der Waals surface area contributed by atoms with Gasteiger partial charge in [-0.2, -0.15) is 5.10 Å². The minimum absolute atomic E-state index is 0.0318. The van der Waals surface area contributed by atoms with Crippen molar-refractivity contribution in [2.24, 2.45) is 5.73 Å². The van der Waals surface area contributed by atoms with Crippen LogP contribution in [0.1, 0.15) is 11.1 Å². The maximum atomic E-state index is 14.0. The molecular weight excluding hydrogens is 430 g/mol. The molecule has 10 heteroatoms. The molecule has 7 nitrogen and oxygen atoms in total. The lowest BCUT2D eigenvalue weighted by molar-refractivity contribution is 0.326. The van der Waals surface area contributed by atoms with Crippen LogP contribution < -0.4 is 15.8 Å². The van der Waals surface area contributed by atoms with Crippen LogP contribution in [0.15, 0.2) is 42.5 Å². The van der Waals surface area contributed by atoms with E-state index in [1.165, 1.54) is 12.1 Å². The second kappa shape index (κ2) is 8.83. The highest BCUT2D eigenvalue weighted by molar-refractivity contribution is 6.32. The summed E-state index contributed by atoms with van der Waals surface area (Å²) in [5.74, 6) is 1.08. The molecule has 0 saturated carbocycles. The van der Waals surface area contributed by atoms with Crippen LogP contribution in [0.5, 0.6) is 5.75 Å². The van der Waals surface area contributed by atoms with E-state index in [9.17, 15) is 4.39 Å². The fourth-order valence-corrected chi connectivity index (χ4v) is 3.47. The lowest BCUT2D eigenvalue weighted by Gasteiger charge is -2.09. The summed E-state index contributed by atoms with van der Waals surface area (Å²) in [4.78, 5) is 7.91. The molecule has 0 aliphatic rings. The quantitative estimate of drug-likeness (QED) is 0.286.